The first-order chi connectivity index (χ1) is 16.3. The second kappa shape index (κ2) is 11.3. The largest absolute Gasteiger partial charge is 0.497 e. The lowest BCUT2D eigenvalue weighted by molar-refractivity contribution is -0.384. The van der Waals surface area contributed by atoms with Gasteiger partial charge in [-0.2, -0.15) is 0 Å². The molecule has 0 bridgehead atoms. The predicted octanol–water partition coefficient (Wildman–Crippen LogP) is 3.44. The van der Waals surface area contributed by atoms with E-state index in [0.29, 0.717) is 34.5 Å². The number of non-ortho nitro benzene ring substituents is 1. The highest BCUT2D eigenvalue weighted by molar-refractivity contribution is 7.99. The molecule has 0 spiro atoms. The maximum Gasteiger partial charge on any atom is 0.269 e. The van der Waals surface area contributed by atoms with Gasteiger partial charge in [0.15, 0.2) is 11.0 Å². The molecule has 0 radical (unpaired) electrons. The SMILES string of the molecule is CCn1c(SCC(=O)Nc2ccc([N+](=O)[O-])cc2)nnc1[C@H](C)NC(=O)c1ccc(OC)cc1. The van der Waals surface area contributed by atoms with Crippen molar-refractivity contribution >= 4 is 35.0 Å². The number of nitrogens with zero attached hydrogens (tertiary/aromatic N) is 4. The monoisotopic (exact) mass is 484 g/mol. The number of benzene rings is 2. The van der Waals surface area contributed by atoms with Crippen LogP contribution in [0.5, 0.6) is 5.75 Å². The number of carbonyl (C=O) groups excluding carboxylic acids is 2. The van der Waals surface area contributed by atoms with Gasteiger partial charge in [-0.05, 0) is 50.2 Å². The van der Waals surface area contributed by atoms with Gasteiger partial charge < -0.3 is 19.9 Å². The first-order valence-corrected chi connectivity index (χ1v) is 11.4. The van der Waals surface area contributed by atoms with Gasteiger partial charge in [0.1, 0.15) is 5.75 Å². The topological polar surface area (TPSA) is 141 Å². The fraction of sp³-hybridized carbons (Fsp3) is 0.273. The number of hydrogen-bond donors (Lipinski definition) is 2. The Morgan fingerprint density at radius 1 is 1.15 bits per heavy atom. The van der Waals surface area contributed by atoms with Gasteiger partial charge in [0, 0.05) is 29.9 Å². The summed E-state index contributed by atoms with van der Waals surface area (Å²) in [6.45, 7) is 4.29. The summed E-state index contributed by atoms with van der Waals surface area (Å²) in [5.74, 6) is 0.767. The summed E-state index contributed by atoms with van der Waals surface area (Å²) in [6.07, 6.45) is 0. The molecule has 2 aromatic carbocycles. The van der Waals surface area contributed by atoms with Gasteiger partial charge in [0.25, 0.3) is 11.6 Å². The van der Waals surface area contributed by atoms with Crippen molar-refractivity contribution in [1.29, 1.82) is 0 Å². The molecule has 1 heterocycles. The lowest BCUT2D eigenvalue weighted by Gasteiger charge is -2.15. The second-order valence-corrected chi connectivity index (χ2v) is 8.09. The van der Waals surface area contributed by atoms with Crippen LogP contribution in [-0.4, -0.2) is 44.4 Å². The molecule has 34 heavy (non-hydrogen) atoms. The van der Waals surface area contributed by atoms with E-state index in [1.165, 1.54) is 36.0 Å². The summed E-state index contributed by atoms with van der Waals surface area (Å²) in [6, 6.07) is 12.0. The minimum Gasteiger partial charge on any atom is -0.497 e. The zero-order valence-corrected chi connectivity index (χ0v) is 19.7. The van der Waals surface area contributed by atoms with Crippen LogP contribution in [0.4, 0.5) is 11.4 Å². The van der Waals surface area contributed by atoms with Gasteiger partial charge >= 0.3 is 0 Å². The van der Waals surface area contributed by atoms with Gasteiger partial charge in [0.2, 0.25) is 5.91 Å². The molecular weight excluding hydrogens is 460 g/mol. The number of thioether (sulfide) groups is 1. The van der Waals surface area contributed by atoms with Crippen molar-refractivity contribution < 1.29 is 19.2 Å². The van der Waals surface area contributed by atoms with Crippen LogP contribution in [0.15, 0.2) is 53.7 Å². The number of nitro benzene ring substituents is 1. The Balaban J connectivity index is 1.59. The summed E-state index contributed by atoms with van der Waals surface area (Å²) >= 11 is 1.21. The van der Waals surface area contributed by atoms with Crippen LogP contribution in [-0.2, 0) is 11.3 Å². The first-order valence-electron chi connectivity index (χ1n) is 10.4. The van der Waals surface area contributed by atoms with E-state index in [9.17, 15) is 19.7 Å². The minimum absolute atomic E-state index is 0.0517. The van der Waals surface area contributed by atoms with E-state index in [1.54, 1.807) is 31.4 Å². The standard InChI is InChI=1S/C22H24N6O5S/c1-4-27-20(14(2)23-21(30)15-5-11-18(33-3)12-6-15)25-26-22(27)34-13-19(29)24-16-7-9-17(10-8-16)28(31)32/h5-12,14H,4,13H2,1-3H3,(H,23,30)(H,24,29)/t14-/m0/s1. The van der Waals surface area contributed by atoms with Crippen molar-refractivity contribution in [2.75, 3.05) is 18.2 Å². The normalized spacial score (nSPS) is 11.5. The minimum atomic E-state index is -0.503. The van der Waals surface area contributed by atoms with Crippen molar-refractivity contribution in [3.8, 4) is 5.75 Å². The van der Waals surface area contributed by atoms with E-state index < -0.39 is 11.0 Å². The molecule has 1 atom stereocenters. The third-order valence-electron chi connectivity index (χ3n) is 4.84. The molecule has 0 saturated carbocycles. The van der Waals surface area contributed by atoms with Crippen LogP contribution in [0.25, 0.3) is 0 Å². The molecule has 1 aromatic heterocycles. The Kier molecular flexibility index (Phi) is 8.19. The number of nitrogens with one attached hydrogen (secondary N) is 2. The van der Waals surface area contributed by atoms with E-state index in [0.717, 1.165) is 0 Å². The lowest BCUT2D eigenvalue weighted by atomic mass is 10.2. The molecular formula is C22H24N6O5S. The van der Waals surface area contributed by atoms with Gasteiger partial charge in [-0.25, -0.2) is 0 Å². The van der Waals surface area contributed by atoms with Crippen LogP contribution in [0.1, 0.15) is 36.1 Å². The van der Waals surface area contributed by atoms with Crippen molar-refractivity contribution in [1.82, 2.24) is 20.1 Å². The zero-order chi connectivity index (χ0) is 24.7. The van der Waals surface area contributed by atoms with Gasteiger partial charge in [-0.1, -0.05) is 11.8 Å². The number of anilines is 1. The Bertz CT molecular complexity index is 1160. The molecule has 3 aromatic rings. The zero-order valence-electron chi connectivity index (χ0n) is 18.8. The van der Waals surface area contributed by atoms with E-state index in [2.05, 4.69) is 20.8 Å². The van der Waals surface area contributed by atoms with E-state index in [4.69, 9.17) is 4.74 Å². The number of rotatable bonds is 10. The summed E-state index contributed by atoms with van der Waals surface area (Å²) in [5.41, 5.74) is 0.903. The fourth-order valence-electron chi connectivity index (χ4n) is 3.10. The van der Waals surface area contributed by atoms with Crippen LogP contribution < -0.4 is 15.4 Å². The van der Waals surface area contributed by atoms with Crippen molar-refractivity contribution in [2.24, 2.45) is 0 Å². The molecule has 0 aliphatic heterocycles. The number of nitro groups is 1. The van der Waals surface area contributed by atoms with Crippen LogP contribution >= 0.6 is 11.8 Å². The Morgan fingerprint density at radius 2 is 1.82 bits per heavy atom. The molecule has 12 heteroatoms. The number of ether oxygens (including phenoxy) is 1. The molecule has 0 saturated heterocycles. The quantitative estimate of drug-likeness (QED) is 0.253. The Labute approximate surface area is 200 Å². The number of aromatic nitrogens is 3. The molecule has 11 nitrogen and oxygen atoms in total. The van der Waals surface area contributed by atoms with Gasteiger partial charge in [-0.15, -0.1) is 10.2 Å². The third kappa shape index (κ3) is 6.10. The molecule has 2 N–H and O–H groups in total. The van der Waals surface area contributed by atoms with Crippen LogP contribution in [0, 0.1) is 10.1 Å². The molecule has 0 aliphatic rings. The third-order valence-corrected chi connectivity index (χ3v) is 5.81. The highest BCUT2D eigenvalue weighted by atomic mass is 32.2. The van der Waals surface area contributed by atoms with E-state index >= 15 is 0 Å². The summed E-state index contributed by atoms with van der Waals surface area (Å²) in [4.78, 5) is 35.1. The lowest BCUT2D eigenvalue weighted by Crippen LogP contribution is -2.28. The maximum atomic E-state index is 12.6. The molecule has 3 rings (SSSR count). The average molecular weight is 485 g/mol. The van der Waals surface area contributed by atoms with Crippen LogP contribution in [0.3, 0.4) is 0 Å². The molecule has 178 valence electrons. The van der Waals surface area contributed by atoms with Gasteiger partial charge in [-0.3, -0.25) is 19.7 Å². The Morgan fingerprint density at radius 3 is 2.41 bits per heavy atom. The molecule has 0 fully saturated rings. The number of amides is 2. The van der Waals surface area contributed by atoms with Crippen molar-refractivity contribution in [2.45, 2.75) is 31.6 Å². The number of methoxy groups -OCH3 is 1. The highest BCUT2D eigenvalue weighted by Crippen LogP contribution is 2.22. The summed E-state index contributed by atoms with van der Waals surface area (Å²) < 4.78 is 6.95. The van der Waals surface area contributed by atoms with Gasteiger partial charge in [0.05, 0.1) is 23.8 Å². The summed E-state index contributed by atoms with van der Waals surface area (Å²) in [5, 5.41) is 25.3. The van der Waals surface area contributed by atoms with Crippen molar-refractivity contribution in [3.05, 3.63) is 70.0 Å². The number of hydrogen-bond acceptors (Lipinski definition) is 8. The van der Waals surface area contributed by atoms with E-state index in [-0.39, 0.29) is 23.3 Å². The Hall–Kier alpha value is -3.93. The first kappa shape index (κ1) is 24.7. The molecule has 0 aliphatic carbocycles. The second-order valence-electron chi connectivity index (χ2n) is 7.15. The predicted molar refractivity (Wildman–Crippen MR) is 127 cm³/mol. The van der Waals surface area contributed by atoms with Crippen LogP contribution in [0.2, 0.25) is 0 Å². The highest BCUT2D eigenvalue weighted by Gasteiger charge is 2.20. The molecule has 0 unspecified atom stereocenters. The number of carbonyl (C=O) groups is 2. The average Bonchev–Trinajstić information content (AvgIpc) is 3.26. The molecule has 2 amide bonds. The fourth-order valence-corrected chi connectivity index (χ4v) is 3.91. The summed E-state index contributed by atoms with van der Waals surface area (Å²) in [7, 11) is 1.56. The smallest absolute Gasteiger partial charge is 0.269 e. The van der Waals surface area contributed by atoms with Crippen molar-refractivity contribution in [3.63, 3.8) is 0 Å². The van der Waals surface area contributed by atoms with E-state index in [1.807, 2.05) is 18.4 Å². The maximum absolute atomic E-state index is 12.6.